The molecule has 4 nitrogen and oxygen atoms in total. The molecule has 1 saturated heterocycles. The molecule has 1 fully saturated rings. The summed E-state index contributed by atoms with van der Waals surface area (Å²) in [6.45, 7) is 3.88. The van der Waals surface area contributed by atoms with Crippen LogP contribution in [0.15, 0.2) is 18.2 Å². The SMILES string of the molecule is CC(COC1CCOC1)Nc1ccc(F)cc1C#N. The first-order valence-corrected chi connectivity index (χ1v) is 6.34. The highest BCUT2D eigenvalue weighted by atomic mass is 19.1. The van der Waals surface area contributed by atoms with Crippen molar-refractivity contribution >= 4 is 5.69 Å². The van der Waals surface area contributed by atoms with E-state index in [1.54, 1.807) is 6.07 Å². The Morgan fingerprint density at radius 1 is 1.63 bits per heavy atom. The van der Waals surface area contributed by atoms with Gasteiger partial charge in [0.1, 0.15) is 11.9 Å². The summed E-state index contributed by atoms with van der Waals surface area (Å²) in [4.78, 5) is 0. The van der Waals surface area contributed by atoms with Gasteiger partial charge in [-0.3, -0.25) is 0 Å². The highest BCUT2D eigenvalue weighted by molar-refractivity contribution is 5.57. The molecule has 1 aromatic carbocycles. The Hall–Kier alpha value is -1.64. The number of nitriles is 1. The number of benzene rings is 1. The lowest BCUT2D eigenvalue weighted by Crippen LogP contribution is -2.26. The van der Waals surface area contributed by atoms with Gasteiger partial charge in [-0.05, 0) is 31.5 Å². The molecule has 0 spiro atoms. The van der Waals surface area contributed by atoms with Gasteiger partial charge >= 0.3 is 0 Å². The molecule has 1 heterocycles. The van der Waals surface area contributed by atoms with Gasteiger partial charge in [0.2, 0.25) is 0 Å². The third-order valence-electron chi connectivity index (χ3n) is 2.97. The van der Waals surface area contributed by atoms with Crippen molar-refractivity contribution in [3.8, 4) is 6.07 Å². The first-order chi connectivity index (χ1) is 9.19. The van der Waals surface area contributed by atoms with Crippen molar-refractivity contribution in [1.29, 1.82) is 5.26 Å². The molecular formula is C14H17FN2O2. The maximum absolute atomic E-state index is 13.0. The minimum atomic E-state index is -0.408. The second-order valence-corrected chi connectivity index (χ2v) is 4.67. The molecule has 102 valence electrons. The van der Waals surface area contributed by atoms with E-state index in [0.717, 1.165) is 13.0 Å². The van der Waals surface area contributed by atoms with E-state index < -0.39 is 5.82 Å². The minimum Gasteiger partial charge on any atom is -0.379 e. The van der Waals surface area contributed by atoms with Crippen molar-refractivity contribution < 1.29 is 13.9 Å². The summed E-state index contributed by atoms with van der Waals surface area (Å²) < 4.78 is 23.9. The first-order valence-electron chi connectivity index (χ1n) is 6.34. The van der Waals surface area contributed by atoms with Crippen LogP contribution in [0.3, 0.4) is 0 Å². The molecule has 2 atom stereocenters. The fourth-order valence-corrected chi connectivity index (χ4v) is 1.97. The molecule has 0 amide bonds. The van der Waals surface area contributed by atoms with Gasteiger partial charge in [-0.2, -0.15) is 5.26 Å². The molecular weight excluding hydrogens is 247 g/mol. The predicted molar refractivity (Wildman–Crippen MR) is 69.4 cm³/mol. The minimum absolute atomic E-state index is 0.0400. The van der Waals surface area contributed by atoms with Crippen LogP contribution in [0.1, 0.15) is 18.9 Å². The van der Waals surface area contributed by atoms with Crippen molar-refractivity contribution in [1.82, 2.24) is 0 Å². The number of ether oxygens (including phenoxy) is 2. The normalized spacial score (nSPS) is 19.9. The van der Waals surface area contributed by atoms with Gasteiger partial charge in [0.25, 0.3) is 0 Å². The van der Waals surface area contributed by atoms with Crippen LogP contribution < -0.4 is 5.32 Å². The van der Waals surface area contributed by atoms with Crippen LogP contribution in [0.2, 0.25) is 0 Å². The van der Waals surface area contributed by atoms with Crippen LogP contribution in [0.25, 0.3) is 0 Å². The van der Waals surface area contributed by atoms with E-state index in [9.17, 15) is 4.39 Å². The standard InChI is InChI=1S/C14H17FN2O2/c1-10(8-19-13-4-5-18-9-13)17-14-3-2-12(15)6-11(14)7-16/h2-3,6,10,13,17H,4-5,8-9H2,1H3. The molecule has 1 aliphatic heterocycles. The Kier molecular flexibility index (Phi) is 4.72. The largest absolute Gasteiger partial charge is 0.379 e. The highest BCUT2D eigenvalue weighted by Gasteiger charge is 2.17. The molecule has 2 rings (SSSR count). The zero-order valence-corrected chi connectivity index (χ0v) is 10.9. The van der Waals surface area contributed by atoms with Crippen LogP contribution in [0, 0.1) is 17.1 Å². The van der Waals surface area contributed by atoms with E-state index in [4.69, 9.17) is 14.7 Å². The lowest BCUT2D eigenvalue weighted by Gasteiger charge is -2.18. The van der Waals surface area contributed by atoms with Gasteiger partial charge in [-0.25, -0.2) is 4.39 Å². The number of hydrogen-bond acceptors (Lipinski definition) is 4. The Morgan fingerprint density at radius 3 is 3.16 bits per heavy atom. The molecule has 0 aliphatic carbocycles. The quantitative estimate of drug-likeness (QED) is 0.886. The van der Waals surface area contributed by atoms with Crippen molar-refractivity contribution in [2.75, 3.05) is 25.1 Å². The Balaban J connectivity index is 1.87. The maximum Gasteiger partial charge on any atom is 0.124 e. The summed E-state index contributed by atoms with van der Waals surface area (Å²) in [5.41, 5.74) is 0.929. The van der Waals surface area contributed by atoms with Gasteiger partial charge in [0.05, 0.1) is 30.6 Å². The van der Waals surface area contributed by atoms with E-state index in [0.29, 0.717) is 24.5 Å². The first kappa shape index (κ1) is 13.8. The van der Waals surface area contributed by atoms with Gasteiger partial charge in [0, 0.05) is 12.6 Å². The number of halogens is 1. The Labute approximate surface area is 112 Å². The summed E-state index contributed by atoms with van der Waals surface area (Å²) >= 11 is 0. The topological polar surface area (TPSA) is 54.3 Å². The van der Waals surface area contributed by atoms with Crippen LogP contribution in [0.5, 0.6) is 0 Å². The fraction of sp³-hybridized carbons (Fsp3) is 0.500. The molecule has 1 N–H and O–H groups in total. The molecule has 5 heteroatoms. The summed E-state index contributed by atoms with van der Waals surface area (Å²) in [6.07, 6.45) is 1.08. The molecule has 2 unspecified atom stereocenters. The number of anilines is 1. The van der Waals surface area contributed by atoms with E-state index in [1.807, 2.05) is 13.0 Å². The van der Waals surface area contributed by atoms with E-state index in [1.165, 1.54) is 12.1 Å². The van der Waals surface area contributed by atoms with E-state index in [2.05, 4.69) is 5.32 Å². The average molecular weight is 264 g/mol. The average Bonchev–Trinajstić information content (AvgIpc) is 2.91. The zero-order valence-electron chi connectivity index (χ0n) is 10.9. The smallest absolute Gasteiger partial charge is 0.124 e. The molecule has 0 radical (unpaired) electrons. The highest BCUT2D eigenvalue weighted by Crippen LogP contribution is 2.17. The third kappa shape index (κ3) is 3.91. The maximum atomic E-state index is 13.0. The fourth-order valence-electron chi connectivity index (χ4n) is 1.97. The van der Waals surface area contributed by atoms with Crippen molar-refractivity contribution in [3.63, 3.8) is 0 Å². The lowest BCUT2D eigenvalue weighted by molar-refractivity contribution is 0.0395. The van der Waals surface area contributed by atoms with E-state index in [-0.39, 0.29) is 12.1 Å². The Morgan fingerprint density at radius 2 is 2.47 bits per heavy atom. The zero-order chi connectivity index (χ0) is 13.7. The van der Waals surface area contributed by atoms with Crippen molar-refractivity contribution in [3.05, 3.63) is 29.6 Å². The number of hydrogen-bond donors (Lipinski definition) is 1. The summed E-state index contributed by atoms with van der Waals surface area (Å²) in [5, 5.41) is 12.1. The van der Waals surface area contributed by atoms with Gasteiger partial charge in [0.15, 0.2) is 0 Å². The predicted octanol–water partition coefficient (Wildman–Crippen LogP) is 2.30. The second-order valence-electron chi connectivity index (χ2n) is 4.67. The second kappa shape index (κ2) is 6.50. The van der Waals surface area contributed by atoms with Crippen LogP contribution in [-0.4, -0.2) is 32.0 Å². The summed E-state index contributed by atoms with van der Waals surface area (Å²) in [6, 6.07) is 6.15. The monoisotopic (exact) mass is 264 g/mol. The summed E-state index contributed by atoms with van der Waals surface area (Å²) in [5.74, 6) is -0.408. The number of nitrogens with one attached hydrogen (secondary N) is 1. The molecule has 0 saturated carbocycles. The summed E-state index contributed by atoms with van der Waals surface area (Å²) in [7, 11) is 0. The van der Waals surface area contributed by atoms with Gasteiger partial charge in [-0.15, -0.1) is 0 Å². The molecule has 1 aliphatic rings. The molecule has 1 aromatic rings. The van der Waals surface area contributed by atoms with Crippen LogP contribution in [0.4, 0.5) is 10.1 Å². The van der Waals surface area contributed by atoms with Crippen molar-refractivity contribution in [2.24, 2.45) is 0 Å². The third-order valence-corrected chi connectivity index (χ3v) is 2.97. The number of nitrogens with zero attached hydrogens (tertiary/aromatic N) is 1. The van der Waals surface area contributed by atoms with Crippen LogP contribution >= 0.6 is 0 Å². The van der Waals surface area contributed by atoms with Crippen molar-refractivity contribution in [2.45, 2.75) is 25.5 Å². The Bertz CT molecular complexity index is 467. The number of rotatable bonds is 5. The molecule has 0 bridgehead atoms. The van der Waals surface area contributed by atoms with Gasteiger partial charge < -0.3 is 14.8 Å². The molecule has 19 heavy (non-hydrogen) atoms. The molecule has 0 aromatic heterocycles. The van der Waals surface area contributed by atoms with E-state index >= 15 is 0 Å². The van der Waals surface area contributed by atoms with Gasteiger partial charge in [-0.1, -0.05) is 0 Å². The lowest BCUT2D eigenvalue weighted by atomic mass is 10.1. The van der Waals surface area contributed by atoms with Crippen LogP contribution in [-0.2, 0) is 9.47 Å².